The first-order valence-corrected chi connectivity index (χ1v) is 7.15. The van der Waals surface area contributed by atoms with E-state index in [-0.39, 0.29) is 17.9 Å². The van der Waals surface area contributed by atoms with Crippen LogP contribution in [-0.4, -0.2) is 34.8 Å². The molecule has 1 N–H and O–H groups in total. The van der Waals surface area contributed by atoms with Crippen molar-refractivity contribution < 1.29 is 9.59 Å². The second-order valence-electron chi connectivity index (χ2n) is 6.40. The number of hydrogen-bond donors (Lipinski definition) is 1. The van der Waals surface area contributed by atoms with Gasteiger partial charge in [-0.1, -0.05) is 6.42 Å². The summed E-state index contributed by atoms with van der Waals surface area (Å²) >= 11 is 0. The molecule has 0 aromatic heterocycles. The molecule has 4 heteroatoms. The van der Waals surface area contributed by atoms with Gasteiger partial charge in [0.15, 0.2) is 0 Å². The van der Waals surface area contributed by atoms with Gasteiger partial charge in [-0.15, -0.1) is 0 Å². The molecular formula is C14H22N2O2. The minimum atomic E-state index is -0.632. The van der Waals surface area contributed by atoms with Gasteiger partial charge in [0.05, 0.1) is 0 Å². The second-order valence-corrected chi connectivity index (χ2v) is 6.40. The number of amides is 2. The molecule has 3 aliphatic rings. The predicted octanol–water partition coefficient (Wildman–Crippen LogP) is 1.30. The minimum Gasteiger partial charge on any atom is -0.340 e. The molecule has 4 nitrogen and oxygen atoms in total. The van der Waals surface area contributed by atoms with Crippen LogP contribution in [0.4, 0.5) is 0 Å². The van der Waals surface area contributed by atoms with Crippen molar-refractivity contribution in [1.82, 2.24) is 10.2 Å². The zero-order valence-electron chi connectivity index (χ0n) is 11.2. The second kappa shape index (κ2) is 3.97. The Labute approximate surface area is 108 Å². The van der Waals surface area contributed by atoms with Gasteiger partial charge in [-0.2, -0.15) is 0 Å². The van der Waals surface area contributed by atoms with Gasteiger partial charge in [0.1, 0.15) is 11.6 Å². The number of nitrogens with zero attached hydrogens (tertiary/aromatic N) is 1. The highest BCUT2D eigenvalue weighted by Crippen LogP contribution is 2.42. The Hall–Kier alpha value is -1.06. The molecular weight excluding hydrogens is 228 g/mol. The van der Waals surface area contributed by atoms with Crippen LogP contribution in [-0.2, 0) is 9.59 Å². The van der Waals surface area contributed by atoms with Gasteiger partial charge in [-0.25, -0.2) is 0 Å². The van der Waals surface area contributed by atoms with Crippen molar-refractivity contribution in [1.29, 1.82) is 0 Å². The smallest absolute Gasteiger partial charge is 0.249 e. The summed E-state index contributed by atoms with van der Waals surface area (Å²) in [6, 6.07) is -0.301. The Morgan fingerprint density at radius 1 is 1.28 bits per heavy atom. The lowest BCUT2D eigenvalue weighted by Gasteiger charge is -2.45. The summed E-state index contributed by atoms with van der Waals surface area (Å²) in [5.41, 5.74) is -0.632. The lowest BCUT2D eigenvalue weighted by Crippen LogP contribution is -2.70. The molecule has 2 amide bonds. The fourth-order valence-electron chi connectivity index (χ4n) is 3.16. The van der Waals surface area contributed by atoms with Crippen LogP contribution < -0.4 is 5.32 Å². The lowest BCUT2D eigenvalue weighted by molar-refractivity contribution is -0.155. The Morgan fingerprint density at radius 2 is 1.94 bits per heavy atom. The highest BCUT2D eigenvalue weighted by molar-refractivity contribution is 5.99. The Bertz CT molecular complexity index is 387. The van der Waals surface area contributed by atoms with Crippen molar-refractivity contribution in [2.45, 2.75) is 57.5 Å². The maximum Gasteiger partial charge on any atom is 0.249 e. The van der Waals surface area contributed by atoms with Gasteiger partial charge < -0.3 is 10.2 Å². The van der Waals surface area contributed by atoms with Crippen LogP contribution in [0.15, 0.2) is 0 Å². The van der Waals surface area contributed by atoms with E-state index in [4.69, 9.17) is 0 Å². The fraction of sp³-hybridized carbons (Fsp3) is 0.857. The Morgan fingerprint density at radius 3 is 2.44 bits per heavy atom. The summed E-state index contributed by atoms with van der Waals surface area (Å²) in [5.74, 6) is 1.13. The van der Waals surface area contributed by atoms with Crippen LogP contribution >= 0.6 is 0 Å². The molecule has 1 heterocycles. The maximum absolute atomic E-state index is 12.7. The van der Waals surface area contributed by atoms with Crippen molar-refractivity contribution >= 4 is 11.8 Å². The molecule has 100 valence electrons. The SMILES string of the molecule is CC1C(=O)NC(C)(C2CC2)C(=O)N1CC1CCC1. The van der Waals surface area contributed by atoms with Gasteiger partial charge >= 0.3 is 0 Å². The zero-order valence-corrected chi connectivity index (χ0v) is 11.2. The summed E-state index contributed by atoms with van der Waals surface area (Å²) in [5, 5.41) is 2.96. The largest absolute Gasteiger partial charge is 0.340 e. The zero-order chi connectivity index (χ0) is 12.9. The molecule has 1 saturated heterocycles. The van der Waals surface area contributed by atoms with Crippen LogP contribution in [0.3, 0.4) is 0 Å². The van der Waals surface area contributed by atoms with E-state index in [2.05, 4.69) is 5.32 Å². The average molecular weight is 250 g/mol. The van der Waals surface area contributed by atoms with Crippen molar-refractivity contribution in [3.8, 4) is 0 Å². The number of piperazine rings is 1. The monoisotopic (exact) mass is 250 g/mol. The molecule has 0 bridgehead atoms. The van der Waals surface area contributed by atoms with Crippen molar-refractivity contribution in [3.05, 3.63) is 0 Å². The number of hydrogen-bond acceptors (Lipinski definition) is 2. The van der Waals surface area contributed by atoms with E-state index < -0.39 is 5.54 Å². The summed E-state index contributed by atoms with van der Waals surface area (Å²) in [6.07, 6.45) is 5.81. The Balaban J connectivity index is 1.80. The molecule has 2 unspecified atom stereocenters. The van der Waals surface area contributed by atoms with Crippen LogP contribution in [0.25, 0.3) is 0 Å². The third-order valence-electron chi connectivity index (χ3n) is 5.01. The van der Waals surface area contributed by atoms with Crippen molar-refractivity contribution in [3.63, 3.8) is 0 Å². The number of carbonyl (C=O) groups is 2. The van der Waals surface area contributed by atoms with Gasteiger partial charge in [0, 0.05) is 6.54 Å². The molecule has 3 rings (SSSR count). The summed E-state index contributed by atoms with van der Waals surface area (Å²) < 4.78 is 0. The molecule has 0 aromatic rings. The molecule has 2 atom stereocenters. The minimum absolute atomic E-state index is 0.0170. The first kappa shape index (κ1) is 12.0. The third-order valence-corrected chi connectivity index (χ3v) is 5.01. The van der Waals surface area contributed by atoms with Gasteiger partial charge in [-0.3, -0.25) is 9.59 Å². The van der Waals surface area contributed by atoms with Crippen molar-refractivity contribution in [2.75, 3.05) is 6.54 Å². The molecule has 18 heavy (non-hydrogen) atoms. The van der Waals surface area contributed by atoms with E-state index >= 15 is 0 Å². The molecule has 0 radical (unpaired) electrons. The number of rotatable bonds is 3. The van der Waals surface area contributed by atoms with E-state index in [9.17, 15) is 9.59 Å². The number of carbonyl (C=O) groups excluding carboxylic acids is 2. The quantitative estimate of drug-likeness (QED) is 0.821. The molecule has 2 aliphatic carbocycles. The molecule has 2 saturated carbocycles. The standard InChI is InChI=1S/C14H22N2O2/c1-9-12(17)15-14(2,11-6-7-11)13(18)16(9)8-10-4-3-5-10/h9-11H,3-8H2,1-2H3,(H,15,17). The molecule has 0 spiro atoms. The van der Waals surface area contributed by atoms with Crippen LogP contribution in [0, 0.1) is 11.8 Å². The Kier molecular flexibility index (Phi) is 2.65. The highest BCUT2D eigenvalue weighted by atomic mass is 16.2. The fourth-order valence-corrected chi connectivity index (χ4v) is 3.16. The first-order valence-electron chi connectivity index (χ1n) is 7.15. The van der Waals surface area contributed by atoms with E-state index in [1.165, 1.54) is 19.3 Å². The molecule has 0 aromatic carbocycles. The lowest BCUT2D eigenvalue weighted by atomic mass is 9.83. The third kappa shape index (κ3) is 1.73. The van der Waals surface area contributed by atoms with Gasteiger partial charge in [-0.05, 0) is 51.4 Å². The van der Waals surface area contributed by atoms with Crippen LogP contribution in [0.1, 0.15) is 46.0 Å². The van der Waals surface area contributed by atoms with Gasteiger partial charge in [0.25, 0.3) is 0 Å². The van der Waals surface area contributed by atoms with E-state index in [0.29, 0.717) is 11.8 Å². The van der Waals surface area contributed by atoms with E-state index in [1.54, 1.807) is 0 Å². The molecule has 3 fully saturated rings. The van der Waals surface area contributed by atoms with Crippen LogP contribution in [0.5, 0.6) is 0 Å². The van der Waals surface area contributed by atoms with E-state index in [1.807, 2.05) is 18.7 Å². The summed E-state index contributed by atoms with van der Waals surface area (Å²) in [7, 11) is 0. The summed E-state index contributed by atoms with van der Waals surface area (Å²) in [6.45, 7) is 4.53. The number of nitrogens with one attached hydrogen (secondary N) is 1. The summed E-state index contributed by atoms with van der Waals surface area (Å²) in [4.78, 5) is 26.6. The highest BCUT2D eigenvalue weighted by Gasteiger charge is 2.54. The van der Waals surface area contributed by atoms with Crippen LogP contribution in [0.2, 0.25) is 0 Å². The topological polar surface area (TPSA) is 49.4 Å². The van der Waals surface area contributed by atoms with E-state index in [0.717, 1.165) is 19.4 Å². The molecule has 1 aliphatic heterocycles. The maximum atomic E-state index is 12.7. The van der Waals surface area contributed by atoms with Crippen molar-refractivity contribution in [2.24, 2.45) is 11.8 Å². The predicted molar refractivity (Wildman–Crippen MR) is 67.8 cm³/mol. The van der Waals surface area contributed by atoms with Gasteiger partial charge in [0.2, 0.25) is 11.8 Å². The average Bonchev–Trinajstić information content (AvgIpc) is 3.08. The normalized spacial score (nSPS) is 37.4. The first-order chi connectivity index (χ1) is 8.52.